The van der Waals surface area contributed by atoms with Crippen molar-refractivity contribution in [2.24, 2.45) is 22.4 Å². The standard InChI is InChI=1S/C18H29N4O6P/c1-12(2)16(22-15(23)9-8-13-6-4-3-5-7-13)29(26,27)28-14(17(24)25)10-11-21-18(19)20/h3-7,12,14,16H,8-11H2,1-2H3,(H,22,23)(H,24,25)(H,26,27)(H4,19,20,21)/t14-,16?/m1/s1. The van der Waals surface area contributed by atoms with E-state index in [2.05, 4.69) is 10.3 Å². The van der Waals surface area contributed by atoms with Crippen molar-refractivity contribution in [3.63, 3.8) is 0 Å². The Bertz CT molecular complexity index is 752. The van der Waals surface area contributed by atoms with Gasteiger partial charge in [-0.25, -0.2) is 4.79 Å². The second kappa shape index (κ2) is 11.5. The maximum absolute atomic E-state index is 12.7. The Morgan fingerprint density at radius 2 is 1.86 bits per heavy atom. The molecule has 11 heteroatoms. The average Bonchev–Trinajstić information content (AvgIpc) is 2.63. The topological polar surface area (TPSA) is 177 Å². The average molecular weight is 428 g/mol. The summed E-state index contributed by atoms with van der Waals surface area (Å²) < 4.78 is 17.8. The van der Waals surface area contributed by atoms with E-state index in [0.717, 1.165) is 5.56 Å². The molecule has 0 aromatic heterocycles. The van der Waals surface area contributed by atoms with Crippen LogP contribution in [0.3, 0.4) is 0 Å². The van der Waals surface area contributed by atoms with Gasteiger partial charge >= 0.3 is 13.6 Å². The first-order valence-corrected chi connectivity index (χ1v) is 10.8. The Balaban J connectivity index is 2.77. The number of amides is 1. The number of aryl methyl sites for hydroxylation is 1. The van der Waals surface area contributed by atoms with Crippen molar-refractivity contribution in [1.82, 2.24) is 5.32 Å². The molecule has 1 aromatic carbocycles. The summed E-state index contributed by atoms with van der Waals surface area (Å²) in [6.45, 7) is 3.17. The van der Waals surface area contributed by atoms with E-state index in [1.165, 1.54) is 0 Å². The molecule has 2 unspecified atom stereocenters. The molecule has 0 aliphatic heterocycles. The normalized spacial score (nSPS) is 15.2. The fraction of sp³-hybridized carbons (Fsp3) is 0.500. The molecule has 0 aliphatic carbocycles. The molecule has 162 valence electrons. The van der Waals surface area contributed by atoms with Gasteiger partial charge in [0.15, 0.2) is 12.1 Å². The number of nitrogens with zero attached hydrogens (tertiary/aromatic N) is 1. The van der Waals surface area contributed by atoms with Gasteiger partial charge in [-0.2, -0.15) is 0 Å². The lowest BCUT2D eigenvalue weighted by molar-refractivity contribution is -0.145. The third-order valence-electron chi connectivity index (χ3n) is 4.01. The van der Waals surface area contributed by atoms with Crippen LogP contribution < -0.4 is 16.8 Å². The number of carboxylic acid groups (broad SMARTS) is 1. The minimum Gasteiger partial charge on any atom is -0.479 e. The molecule has 0 aliphatic rings. The number of guanidine groups is 1. The fourth-order valence-electron chi connectivity index (χ4n) is 2.54. The summed E-state index contributed by atoms with van der Waals surface area (Å²) in [4.78, 5) is 37.7. The number of rotatable bonds is 12. The molecule has 7 N–H and O–H groups in total. The van der Waals surface area contributed by atoms with Gasteiger partial charge in [-0.1, -0.05) is 44.2 Å². The third-order valence-corrected chi connectivity index (χ3v) is 6.00. The van der Waals surface area contributed by atoms with Crippen LogP contribution in [0.1, 0.15) is 32.3 Å². The fourth-order valence-corrected chi connectivity index (χ4v) is 4.30. The molecule has 0 radical (unpaired) electrons. The van der Waals surface area contributed by atoms with Crippen molar-refractivity contribution >= 4 is 25.4 Å². The molecule has 10 nitrogen and oxygen atoms in total. The number of nitrogens with one attached hydrogen (secondary N) is 1. The predicted octanol–water partition coefficient (Wildman–Crippen LogP) is 1.04. The van der Waals surface area contributed by atoms with Gasteiger partial charge in [0.2, 0.25) is 5.91 Å². The van der Waals surface area contributed by atoms with Crippen LogP contribution in [0.15, 0.2) is 35.3 Å². The number of benzene rings is 1. The van der Waals surface area contributed by atoms with Crippen molar-refractivity contribution in [2.75, 3.05) is 6.54 Å². The lowest BCUT2D eigenvalue weighted by Crippen LogP contribution is -2.40. The number of carboxylic acids is 1. The second-order valence-corrected chi connectivity index (χ2v) is 8.73. The van der Waals surface area contributed by atoms with E-state index >= 15 is 0 Å². The van der Waals surface area contributed by atoms with Gasteiger partial charge in [0.1, 0.15) is 5.78 Å². The summed E-state index contributed by atoms with van der Waals surface area (Å²) >= 11 is 0. The van der Waals surface area contributed by atoms with Gasteiger partial charge in [-0.3, -0.25) is 18.9 Å². The van der Waals surface area contributed by atoms with Gasteiger partial charge < -0.3 is 26.8 Å². The first-order valence-electron chi connectivity index (χ1n) is 9.15. The van der Waals surface area contributed by atoms with Crippen molar-refractivity contribution < 1.29 is 28.7 Å². The molecule has 1 aromatic rings. The first-order chi connectivity index (χ1) is 13.5. The van der Waals surface area contributed by atoms with Crippen LogP contribution in [0.5, 0.6) is 0 Å². The van der Waals surface area contributed by atoms with Gasteiger partial charge in [0, 0.05) is 19.4 Å². The summed E-state index contributed by atoms with van der Waals surface area (Å²) in [6.07, 6.45) is -1.23. The largest absolute Gasteiger partial charge is 0.479 e. The van der Waals surface area contributed by atoms with Crippen LogP contribution >= 0.6 is 7.60 Å². The van der Waals surface area contributed by atoms with Gasteiger partial charge in [0.25, 0.3) is 0 Å². The van der Waals surface area contributed by atoms with Crippen LogP contribution in [0, 0.1) is 5.92 Å². The first kappa shape index (κ1) is 24.6. The number of aliphatic carboxylic acids is 1. The minimum absolute atomic E-state index is 0.0882. The lowest BCUT2D eigenvalue weighted by atomic mass is 10.1. The van der Waals surface area contributed by atoms with Crippen LogP contribution in [-0.4, -0.2) is 46.3 Å². The highest BCUT2D eigenvalue weighted by Gasteiger charge is 2.40. The quantitative estimate of drug-likeness (QED) is 0.186. The smallest absolute Gasteiger partial charge is 0.351 e. The molecule has 3 atom stereocenters. The zero-order valence-electron chi connectivity index (χ0n) is 16.5. The summed E-state index contributed by atoms with van der Waals surface area (Å²) in [5.41, 5.74) is 11.3. The number of carbonyl (C=O) groups is 2. The Kier molecular flexibility index (Phi) is 9.80. The zero-order chi connectivity index (χ0) is 22.0. The monoisotopic (exact) mass is 428 g/mol. The number of carbonyl (C=O) groups excluding carboxylic acids is 1. The maximum Gasteiger partial charge on any atom is 0.351 e. The Labute approximate surface area is 169 Å². The maximum atomic E-state index is 12.7. The zero-order valence-corrected chi connectivity index (χ0v) is 17.4. The molecule has 0 spiro atoms. The Morgan fingerprint density at radius 3 is 2.38 bits per heavy atom. The molecule has 1 rings (SSSR count). The number of aliphatic imine (C=N–C) groups is 1. The third kappa shape index (κ3) is 9.08. The molecule has 0 bridgehead atoms. The van der Waals surface area contributed by atoms with E-state index in [-0.39, 0.29) is 25.3 Å². The SMILES string of the molecule is CC(C)C(NC(=O)CCc1ccccc1)P(=O)(O)O[C@H](CCN=C(N)N)C(=O)O. The molecular formula is C18H29N4O6P. The molecular weight excluding hydrogens is 399 g/mol. The Morgan fingerprint density at radius 1 is 1.24 bits per heavy atom. The second-order valence-electron chi connectivity index (χ2n) is 6.83. The highest BCUT2D eigenvalue weighted by atomic mass is 31.2. The van der Waals surface area contributed by atoms with Crippen LogP contribution in [0.2, 0.25) is 0 Å². The van der Waals surface area contributed by atoms with Crippen molar-refractivity contribution in [3.05, 3.63) is 35.9 Å². The number of nitrogens with two attached hydrogens (primary N) is 2. The van der Waals surface area contributed by atoms with E-state index in [0.29, 0.717) is 6.42 Å². The van der Waals surface area contributed by atoms with Gasteiger partial charge in [-0.05, 0) is 17.9 Å². The van der Waals surface area contributed by atoms with Crippen LogP contribution in [0.25, 0.3) is 0 Å². The summed E-state index contributed by atoms with van der Waals surface area (Å²) in [5, 5.41) is 11.8. The van der Waals surface area contributed by atoms with E-state index < -0.39 is 37.3 Å². The van der Waals surface area contributed by atoms with Crippen LogP contribution in [-0.2, 0) is 25.1 Å². The van der Waals surface area contributed by atoms with Crippen LogP contribution in [0.4, 0.5) is 0 Å². The Hall–Kier alpha value is -2.42. The molecule has 1 amide bonds. The molecule has 0 heterocycles. The summed E-state index contributed by atoms with van der Waals surface area (Å²) in [5.74, 6) is -3.82. The number of hydrogen-bond donors (Lipinski definition) is 5. The molecule has 29 heavy (non-hydrogen) atoms. The predicted molar refractivity (Wildman–Crippen MR) is 109 cm³/mol. The minimum atomic E-state index is -4.51. The summed E-state index contributed by atoms with van der Waals surface area (Å²) in [7, 11) is -4.51. The molecule has 0 saturated heterocycles. The molecule has 0 fully saturated rings. The van der Waals surface area contributed by atoms with Crippen molar-refractivity contribution in [2.45, 2.75) is 45.0 Å². The van der Waals surface area contributed by atoms with E-state index in [4.69, 9.17) is 16.0 Å². The molecule has 0 saturated carbocycles. The highest BCUT2D eigenvalue weighted by Crippen LogP contribution is 2.50. The summed E-state index contributed by atoms with van der Waals surface area (Å²) in [6, 6.07) is 9.33. The highest BCUT2D eigenvalue weighted by molar-refractivity contribution is 7.53. The van der Waals surface area contributed by atoms with E-state index in [1.54, 1.807) is 13.8 Å². The van der Waals surface area contributed by atoms with E-state index in [1.807, 2.05) is 30.3 Å². The van der Waals surface area contributed by atoms with Crippen molar-refractivity contribution in [1.29, 1.82) is 0 Å². The van der Waals surface area contributed by atoms with E-state index in [9.17, 15) is 24.2 Å². The number of hydrogen-bond acceptors (Lipinski definition) is 5. The van der Waals surface area contributed by atoms with Gasteiger partial charge in [0.05, 0.1) is 0 Å². The van der Waals surface area contributed by atoms with Crippen molar-refractivity contribution in [3.8, 4) is 0 Å². The van der Waals surface area contributed by atoms with Gasteiger partial charge in [-0.15, -0.1) is 0 Å². The lowest BCUT2D eigenvalue weighted by Gasteiger charge is -2.28.